The van der Waals surface area contributed by atoms with Gasteiger partial charge in [-0.2, -0.15) is 0 Å². The van der Waals surface area contributed by atoms with Crippen LogP contribution >= 0.6 is 0 Å². The van der Waals surface area contributed by atoms with Crippen LogP contribution in [0, 0.1) is 13.8 Å². The van der Waals surface area contributed by atoms with Gasteiger partial charge in [-0.3, -0.25) is 15.1 Å². The third kappa shape index (κ3) is 2.65. The molecule has 18 heavy (non-hydrogen) atoms. The van der Waals surface area contributed by atoms with Crippen molar-refractivity contribution in [3.8, 4) is 0 Å². The minimum Gasteiger partial charge on any atom is -0.397 e. The van der Waals surface area contributed by atoms with E-state index in [2.05, 4.69) is 15.5 Å². The van der Waals surface area contributed by atoms with E-state index in [0.717, 1.165) is 11.3 Å². The van der Waals surface area contributed by atoms with Gasteiger partial charge < -0.3 is 10.3 Å². The number of nitrogen functional groups attached to an aromatic ring is 1. The maximum absolute atomic E-state index is 11.8. The molecule has 0 saturated heterocycles. The molecule has 2 rings (SSSR count). The number of pyridine rings is 1. The zero-order valence-corrected chi connectivity index (χ0v) is 10.2. The first kappa shape index (κ1) is 12.1. The molecule has 6 nitrogen and oxygen atoms in total. The number of carbonyl (C=O) groups is 1. The van der Waals surface area contributed by atoms with Crippen LogP contribution < -0.4 is 11.1 Å². The third-order valence-electron chi connectivity index (χ3n) is 2.60. The molecule has 1 amide bonds. The first-order valence-corrected chi connectivity index (χ1v) is 5.49. The summed E-state index contributed by atoms with van der Waals surface area (Å²) in [5.41, 5.74) is 8.32. The molecule has 0 atom stereocenters. The molecule has 6 heteroatoms. The summed E-state index contributed by atoms with van der Waals surface area (Å²) in [5.74, 6) is 0.180. The van der Waals surface area contributed by atoms with Crippen molar-refractivity contribution < 1.29 is 9.32 Å². The Balaban J connectivity index is 2.01. The second kappa shape index (κ2) is 4.87. The van der Waals surface area contributed by atoms with Crippen LogP contribution in [-0.2, 0) is 11.2 Å². The molecule has 0 aliphatic heterocycles. The molecule has 3 N–H and O–H groups in total. The van der Waals surface area contributed by atoms with E-state index in [1.54, 1.807) is 12.1 Å². The fourth-order valence-corrected chi connectivity index (χ4v) is 1.41. The lowest BCUT2D eigenvalue weighted by Crippen LogP contribution is -2.15. The summed E-state index contributed by atoms with van der Waals surface area (Å²) in [6.07, 6.45) is 1.69. The van der Waals surface area contributed by atoms with Crippen LogP contribution in [0.5, 0.6) is 0 Å². The summed E-state index contributed by atoms with van der Waals surface area (Å²) in [6, 6.07) is 3.42. The van der Waals surface area contributed by atoms with E-state index in [9.17, 15) is 4.79 Å². The summed E-state index contributed by atoms with van der Waals surface area (Å²) in [4.78, 5) is 15.8. The Hall–Kier alpha value is -2.37. The van der Waals surface area contributed by atoms with Crippen LogP contribution in [0.15, 0.2) is 22.9 Å². The van der Waals surface area contributed by atoms with Crippen LogP contribution in [0.1, 0.15) is 17.0 Å². The molecule has 0 bridgehead atoms. The Morgan fingerprint density at radius 3 is 2.78 bits per heavy atom. The number of nitrogens with zero attached hydrogens (tertiary/aromatic N) is 2. The average Bonchev–Trinajstić information content (AvgIpc) is 2.64. The number of carbonyl (C=O) groups excluding carboxylic acids is 1. The molecule has 0 saturated carbocycles. The molecule has 0 aliphatic carbocycles. The van der Waals surface area contributed by atoms with E-state index in [-0.39, 0.29) is 12.3 Å². The van der Waals surface area contributed by atoms with Gasteiger partial charge in [0, 0.05) is 11.3 Å². The van der Waals surface area contributed by atoms with Crippen LogP contribution in [0.3, 0.4) is 0 Å². The van der Waals surface area contributed by atoms with E-state index in [1.807, 2.05) is 13.8 Å². The monoisotopic (exact) mass is 246 g/mol. The molecule has 2 aromatic rings. The third-order valence-corrected chi connectivity index (χ3v) is 2.60. The van der Waals surface area contributed by atoms with Gasteiger partial charge in [0.05, 0.1) is 24.0 Å². The first-order valence-electron chi connectivity index (χ1n) is 5.49. The van der Waals surface area contributed by atoms with E-state index < -0.39 is 0 Å². The van der Waals surface area contributed by atoms with E-state index in [0.29, 0.717) is 17.3 Å². The minimum atomic E-state index is -0.202. The molecule has 0 radical (unpaired) electrons. The summed E-state index contributed by atoms with van der Waals surface area (Å²) in [7, 11) is 0. The smallest absolute Gasteiger partial charge is 0.234 e. The number of anilines is 2. The van der Waals surface area contributed by atoms with Gasteiger partial charge in [0.15, 0.2) is 0 Å². The second-order valence-electron chi connectivity index (χ2n) is 4.03. The van der Waals surface area contributed by atoms with E-state index >= 15 is 0 Å². The second-order valence-corrected chi connectivity index (χ2v) is 4.03. The van der Waals surface area contributed by atoms with Crippen molar-refractivity contribution in [3.05, 3.63) is 35.3 Å². The molecule has 0 unspecified atom stereocenters. The lowest BCUT2D eigenvalue weighted by atomic mass is 10.2. The number of aryl methyl sites for hydroxylation is 1. The number of nitrogens with one attached hydrogen (secondary N) is 1. The Bertz CT molecular complexity index is 560. The van der Waals surface area contributed by atoms with Crippen LogP contribution in [0.4, 0.5) is 11.6 Å². The quantitative estimate of drug-likeness (QED) is 0.854. The van der Waals surface area contributed by atoms with Crippen LogP contribution in [0.25, 0.3) is 0 Å². The lowest BCUT2D eigenvalue weighted by molar-refractivity contribution is -0.115. The minimum absolute atomic E-state index is 0.166. The molecule has 2 aromatic heterocycles. The van der Waals surface area contributed by atoms with Gasteiger partial charge in [-0.25, -0.2) is 0 Å². The van der Waals surface area contributed by atoms with Gasteiger partial charge in [0.25, 0.3) is 0 Å². The van der Waals surface area contributed by atoms with E-state index in [1.165, 1.54) is 6.20 Å². The molecule has 0 fully saturated rings. The number of aromatic nitrogens is 2. The predicted octanol–water partition coefficient (Wildman–Crippen LogP) is 1.45. The highest BCUT2D eigenvalue weighted by atomic mass is 16.5. The van der Waals surface area contributed by atoms with Crippen LogP contribution in [0.2, 0.25) is 0 Å². The van der Waals surface area contributed by atoms with Crippen molar-refractivity contribution in [2.75, 3.05) is 11.1 Å². The summed E-state index contributed by atoms with van der Waals surface area (Å²) < 4.78 is 5.00. The number of rotatable bonds is 3. The highest BCUT2D eigenvalue weighted by Crippen LogP contribution is 2.17. The largest absolute Gasteiger partial charge is 0.397 e. The Kier molecular flexibility index (Phi) is 3.27. The summed E-state index contributed by atoms with van der Waals surface area (Å²) in [5, 5.41) is 6.42. The van der Waals surface area contributed by atoms with Gasteiger partial charge in [-0.1, -0.05) is 5.16 Å². The standard InChI is InChI=1S/C12H14N4O2/c1-7-8(2)16-18-12(7)15-11(17)5-10-4-3-9(13)6-14-10/h3-4,6H,5,13H2,1-2H3,(H,15,17). The first-order chi connectivity index (χ1) is 8.56. The molecule has 0 spiro atoms. The van der Waals surface area contributed by atoms with Crippen molar-refractivity contribution in [1.29, 1.82) is 0 Å². The highest BCUT2D eigenvalue weighted by Gasteiger charge is 2.12. The Morgan fingerprint density at radius 2 is 2.22 bits per heavy atom. The van der Waals surface area contributed by atoms with Gasteiger partial charge in [-0.05, 0) is 26.0 Å². The maximum atomic E-state index is 11.8. The number of amides is 1. The van der Waals surface area contributed by atoms with Crippen molar-refractivity contribution in [1.82, 2.24) is 10.1 Å². The van der Waals surface area contributed by atoms with Crippen LogP contribution in [-0.4, -0.2) is 16.0 Å². The van der Waals surface area contributed by atoms with Gasteiger partial charge in [0.1, 0.15) is 0 Å². The molecular weight excluding hydrogens is 232 g/mol. The van der Waals surface area contributed by atoms with Gasteiger partial charge in [-0.15, -0.1) is 0 Å². The van der Waals surface area contributed by atoms with Gasteiger partial charge in [0.2, 0.25) is 11.8 Å². The van der Waals surface area contributed by atoms with Gasteiger partial charge >= 0.3 is 0 Å². The highest BCUT2D eigenvalue weighted by molar-refractivity contribution is 5.91. The summed E-state index contributed by atoms with van der Waals surface area (Å²) in [6.45, 7) is 3.65. The van der Waals surface area contributed by atoms with Crippen molar-refractivity contribution in [2.45, 2.75) is 20.3 Å². The van der Waals surface area contributed by atoms with Crippen molar-refractivity contribution >= 4 is 17.5 Å². The van der Waals surface area contributed by atoms with Crippen molar-refractivity contribution in [3.63, 3.8) is 0 Å². The molecule has 94 valence electrons. The fourth-order valence-electron chi connectivity index (χ4n) is 1.41. The maximum Gasteiger partial charge on any atom is 0.234 e. The zero-order valence-electron chi connectivity index (χ0n) is 10.2. The molecule has 0 aromatic carbocycles. The fraction of sp³-hybridized carbons (Fsp3) is 0.250. The number of hydrogen-bond acceptors (Lipinski definition) is 5. The molecule has 0 aliphatic rings. The Labute approximate surface area is 104 Å². The number of hydrogen-bond donors (Lipinski definition) is 2. The lowest BCUT2D eigenvalue weighted by Gasteiger charge is -2.02. The summed E-state index contributed by atoms with van der Waals surface area (Å²) >= 11 is 0. The Morgan fingerprint density at radius 1 is 1.44 bits per heavy atom. The van der Waals surface area contributed by atoms with E-state index in [4.69, 9.17) is 10.3 Å². The SMILES string of the molecule is Cc1noc(NC(=O)Cc2ccc(N)cn2)c1C. The number of nitrogens with two attached hydrogens (primary N) is 1. The topological polar surface area (TPSA) is 94.0 Å². The zero-order chi connectivity index (χ0) is 13.1. The predicted molar refractivity (Wildman–Crippen MR) is 67.0 cm³/mol. The molecule has 2 heterocycles. The molecular formula is C12H14N4O2. The normalized spacial score (nSPS) is 10.3. The average molecular weight is 246 g/mol. The van der Waals surface area contributed by atoms with Crippen molar-refractivity contribution in [2.24, 2.45) is 0 Å².